The molecule has 0 spiro atoms. The smallest absolute Gasteiger partial charge is 0.309 e. The lowest BCUT2D eigenvalue weighted by Gasteiger charge is -2.58. The normalized spacial score (nSPS) is 32.9. The van der Waals surface area contributed by atoms with E-state index in [9.17, 15) is 14.7 Å². The molecule has 1 aromatic carbocycles. The maximum absolute atomic E-state index is 13.1. The van der Waals surface area contributed by atoms with E-state index in [1.54, 1.807) is 0 Å². The molecule has 3 N–H and O–H groups in total. The molecule has 5 nitrogen and oxygen atoms in total. The summed E-state index contributed by atoms with van der Waals surface area (Å²) in [4.78, 5) is 26.0. The number of amides is 1. The van der Waals surface area contributed by atoms with E-state index in [2.05, 4.69) is 10.0 Å². The van der Waals surface area contributed by atoms with Crippen LogP contribution in [0, 0.1) is 28.6 Å². The van der Waals surface area contributed by atoms with Crippen LogP contribution >= 0.6 is 23.5 Å². The average molecular weight is 437 g/mol. The van der Waals surface area contributed by atoms with E-state index in [-0.39, 0.29) is 11.9 Å². The van der Waals surface area contributed by atoms with Gasteiger partial charge in [0.25, 0.3) is 0 Å². The van der Waals surface area contributed by atoms with Gasteiger partial charge in [0.05, 0.1) is 10.8 Å². The van der Waals surface area contributed by atoms with Gasteiger partial charge >= 0.3 is 5.97 Å². The first-order valence-electron chi connectivity index (χ1n) is 10.4. The summed E-state index contributed by atoms with van der Waals surface area (Å²) < 4.78 is 3.29. The van der Waals surface area contributed by atoms with E-state index in [0.717, 1.165) is 24.2 Å². The van der Waals surface area contributed by atoms with Crippen molar-refractivity contribution in [3.63, 3.8) is 0 Å². The summed E-state index contributed by atoms with van der Waals surface area (Å²) in [5, 5.41) is 13.8. The predicted molar refractivity (Wildman–Crippen MR) is 115 cm³/mol. The number of benzene rings is 1. The third-order valence-corrected chi connectivity index (χ3v) is 8.15. The SMILES string of the molecule is CC(C)(CNSc1cccc(Cl)c1)C(=O)NC1C2CC3CC1CC(C(=O)O)(C3)C2. The van der Waals surface area contributed by atoms with Crippen LogP contribution in [0.1, 0.15) is 46.0 Å². The van der Waals surface area contributed by atoms with Crippen LogP contribution in [0.25, 0.3) is 0 Å². The number of hydrogen-bond acceptors (Lipinski definition) is 4. The standard InChI is InChI=1S/C22H29ClN2O3S/c1-21(2,12-24-29-17-5-3-4-16(23)8-17)19(26)25-18-14-6-13-7-15(18)11-22(9-13,10-14)20(27)28/h3-5,8,13-15,18,24H,6-7,9-12H2,1-2H3,(H,25,26)(H,27,28). The molecule has 0 heterocycles. The monoisotopic (exact) mass is 436 g/mol. The molecular weight excluding hydrogens is 408 g/mol. The number of hydrogen-bond donors (Lipinski definition) is 3. The number of carboxylic acids is 1. The summed E-state index contributed by atoms with van der Waals surface area (Å²) >= 11 is 7.49. The van der Waals surface area contributed by atoms with E-state index in [1.807, 2.05) is 38.1 Å². The van der Waals surface area contributed by atoms with Crippen molar-refractivity contribution in [3.8, 4) is 0 Å². The van der Waals surface area contributed by atoms with E-state index in [4.69, 9.17) is 11.6 Å². The van der Waals surface area contributed by atoms with E-state index in [0.29, 0.717) is 42.2 Å². The lowest BCUT2D eigenvalue weighted by atomic mass is 9.48. The minimum absolute atomic E-state index is 0.0403. The van der Waals surface area contributed by atoms with Crippen LogP contribution in [0.5, 0.6) is 0 Å². The van der Waals surface area contributed by atoms with Crippen molar-refractivity contribution in [2.45, 2.75) is 56.9 Å². The molecule has 5 rings (SSSR count). The van der Waals surface area contributed by atoms with E-state index in [1.165, 1.54) is 11.9 Å². The fourth-order valence-electron chi connectivity index (χ4n) is 5.78. The minimum Gasteiger partial charge on any atom is -0.481 e. The number of carbonyl (C=O) groups excluding carboxylic acids is 1. The Morgan fingerprint density at radius 2 is 1.93 bits per heavy atom. The molecule has 4 aliphatic carbocycles. The Bertz CT molecular complexity index is 799. The molecule has 4 bridgehead atoms. The van der Waals surface area contributed by atoms with Gasteiger partial charge in [-0.3, -0.25) is 14.3 Å². The second kappa shape index (κ2) is 7.78. The van der Waals surface area contributed by atoms with Gasteiger partial charge in [-0.1, -0.05) is 17.7 Å². The zero-order valence-electron chi connectivity index (χ0n) is 16.9. The van der Waals surface area contributed by atoms with Crippen LogP contribution in [0.2, 0.25) is 5.02 Å². The van der Waals surface area contributed by atoms with Crippen molar-refractivity contribution in [2.75, 3.05) is 6.54 Å². The molecule has 158 valence electrons. The highest BCUT2D eigenvalue weighted by Gasteiger charge is 2.59. The maximum atomic E-state index is 13.1. The van der Waals surface area contributed by atoms with Gasteiger partial charge in [0.15, 0.2) is 0 Å². The Kier molecular flexibility index (Phi) is 5.64. The van der Waals surface area contributed by atoms with Crippen LogP contribution in [-0.2, 0) is 9.59 Å². The fraction of sp³-hybridized carbons (Fsp3) is 0.636. The molecule has 0 saturated heterocycles. The molecule has 0 aliphatic heterocycles. The molecule has 29 heavy (non-hydrogen) atoms. The van der Waals surface area contributed by atoms with Crippen molar-refractivity contribution in [3.05, 3.63) is 29.3 Å². The molecular formula is C22H29ClN2O3S. The lowest BCUT2D eigenvalue weighted by molar-refractivity contribution is -0.168. The van der Waals surface area contributed by atoms with Crippen molar-refractivity contribution >= 4 is 35.4 Å². The van der Waals surface area contributed by atoms with Gasteiger partial charge in [-0.15, -0.1) is 0 Å². The number of rotatable bonds is 7. The zero-order chi connectivity index (χ0) is 20.8. The van der Waals surface area contributed by atoms with Crippen molar-refractivity contribution in [2.24, 2.45) is 28.6 Å². The number of carboxylic acid groups (broad SMARTS) is 1. The van der Waals surface area contributed by atoms with Gasteiger partial charge in [0.1, 0.15) is 0 Å². The highest BCUT2D eigenvalue weighted by atomic mass is 35.5. The Morgan fingerprint density at radius 1 is 1.24 bits per heavy atom. The van der Waals surface area contributed by atoms with E-state index < -0.39 is 16.8 Å². The van der Waals surface area contributed by atoms with Crippen LogP contribution in [0.4, 0.5) is 0 Å². The minimum atomic E-state index is -0.635. The maximum Gasteiger partial charge on any atom is 0.309 e. The van der Waals surface area contributed by atoms with Crippen LogP contribution in [0.15, 0.2) is 29.2 Å². The first-order valence-corrected chi connectivity index (χ1v) is 11.6. The largest absolute Gasteiger partial charge is 0.481 e. The second-order valence-corrected chi connectivity index (χ2v) is 11.2. The topological polar surface area (TPSA) is 78.4 Å². The molecule has 4 aliphatic rings. The third-order valence-electron chi connectivity index (χ3n) is 7.14. The first kappa shape index (κ1) is 21.0. The molecule has 7 heteroatoms. The van der Waals surface area contributed by atoms with Crippen molar-refractivity contribution < 1.29 is 14.7 Å². The van der Waals surface area contributed by atoms with Gasteiger partial charge in [-0.05, 0) is 93.9 Å². The lowest BCUT2D eigenvalue weighted by Crippen LogP contribution is -2.62. The Morgan fingerprint density at radius 3 is 2.55 bits per heavy atom. The number of carbonyl (C=O) groups is 2. The molecule has 2 unspecified atom stereocenters. The Labute approximate surface area is 181 Å². The number of halogens is 1. The molecule has 0 radical (unpaired) electrons. The first-order chi connectivity index (χ1) is 13.7. The van der Waals surface area contributed by atoms with Crippen molar-refractivity contribution in [1.82, 2.24) is 10.0 Å². The highest BCUT2D eigenvalue weighted by Crippen LogP contribution is 2.60. The van der Waals surface area contributed by atoms with Gasteiger partial charge in [0.2, 0.25) is 5.91 Å². The predicted octanol–water partition coefficient (Wildman–Crippen LogP) is 4.36. The quantitative estimate of drug-likeness (QED) is 0.553. The van der Waals surface area contributed by atoms with Crippen molar-refractivity contribution in [1.29, 1.82) is 0 Å². The Balaban J connectivity index is 1.34. The molecule has 2 atom stereocenters. The molecule has 0 aromatic heterocycles. The summed E-state index contributed by atoms with van der Waals surface area (Å²) in [6.07, 6.45) is 4.36. The third kappa shape index (κ3) is 4.17. The average Bonchev–Trinajstić information content (AvgIpc) is 2.63. The highest BCUT2D eigenvalue weighted by molar-refractivity contribution is 7.97. The molecule has 4 fully saturated rings. The second-order valence-electron chi connectivity index (χ2n) is 9.82. The van der Waals surface area contributed by atoms with Crippen LogP contribution < -0.4 is 10.0 Å². The summed E-state index contributed by atoms with van der Waals surface area (Å²) in [5.74, 6) is 0.514. The number of aliphatic carboxylic acids is 1. The van der Waals surface area contributed by atoms with E-state index >= 15 is 0 Å². The summed E-state index contributed by atoms with van der Waals surface area (Å²) in [5.41, 5.74) is -1.10. The summed E-state index contributed by atoms with van der Waals surface area (Å²) in [6, 6.07) is 7.72. The number of nitrogens with one attached hydrogen (secondary N) is 2. The van der Waals surface area contributed by atoms with Gasteiger partial charge in [-0.25, -0.2) is 0 Å². The summed E-state index contributed by atoms with van der Waals surface area (Å²) in [7, 11) is 0. The zero-order valence-corrected chi connectivity index (χ0v) is 18.5. The summed E-state index contributed by atoms with van der Waals surface area (Å²) in [6.45, 7) is 4.42. The fourth-order valence-corrected chi connectivity index (χ4v) is 6.97. The molecule has 1 amide bonds. The van der Waals surface area contributed by atoms with Gasteiger partial charge < -0.3 is 10.4 Å². The molecule has 4 saturated carbocycles. The van der Waals surface area contributed by atoms with Gasteiger partial charge in [0, 0.05) is 22.5 Å². The van der Waals surface area contributed by atoms with Crippen LogP contribution in [-0.4, -0.2) is 29.6 Å². The van der Waals surface area contributed by atoms with Gasteiger partial charge in [-0.2, -0.15) is 0 Å². The van der Waals surface area contributed by atoms with Crippen LogP contribution in [0.3, 0.4) is 0 Å². The molecule has 1 aromatic rings. The Hall–Kier alpha value is -1.24.